The maximum Gasteiger partial charge on any atom is 0.147 e. The molecular formula is C14H18BrNO2. The fraction of sp³-hybridized carbons (Fsp3) is 0.500. The summed E-state index contributed by atoms with van der Waals surface area (Å²) in [5.41, 5.74) is 1.12. The van der Waals surface area contributed by atoms with E-state index in [0.29, 0.717) is 12.3 Å². The fourth-order valence-corrected chi connectivity index (χ4v) is 3.65. The number of hydrogen-bond acceptors (Lipinski definition) is 3. The van der Waals surface area contributed by atoms with Gasteiger partial charge in [0, 0.05) is 6.61 Å². The van der Waals surface area contributed by atoms with Crippen molar-refractivity contribution in [3.63, 3.8) is 0 Å². The van der Waals surface area contributed by atoms with Gasteiger partial charge in [0.15, 0.2) is 0 Å². The molecule has 0 aliphatic heterocycles. The van der Waals surface area contributed by atoms with E-state index in [2.05, 4.69) is 21.1 Å². The molecular weight excluding hydrogens is 294 g/mol. The predicted octanol–water partition coefficient (Wildman–Crippen LogP) is 3.70. The van der Waals surface area contributed by atoms with Crippen LogP contribution in [0.15, 0.2) is 35.5 Å². The van der Waals surface area contributed by atoms with E-state index in [9.17, 15) is 5.21 Å². The molecule has 0 amide bonds. The first-order valence-electron chi connectivity index (χ1n) is 6.30. The molecule has 3 nitrogen and oxygen atoms in total. The minimum Gasteiger partial charge on any atom is -0.411 e. The summed E-state index contributed by atoms with van der Waals surface area (Å²) in [7, 11) is 0. The minimum atomic E-state index is -0.636. The van der Waals surface area contributed by atoms with Crippen LogP contribution in [0.1, 0.15) is 31.7 Å². The average molecular weight is 312 g/mol. The third-order valence-corrected chi connectivity index (χ3v) is 4.54. The Morgan fingerprint density at radius 1 is 1.44 bits per heavy atom. The molecule has 18 heavy (non-hydrogen) atoms. The lowest BCUT2D eigenvalue weighted by Gasteiger charge is -2.41. The van der Waals surface area contributed by atoms with Crippen molar-refractivity contribution in [3.05, 3.63) is 35.9 Å². The first-order chi connectivity index (χ1) is 8.75. The van der Waals surface area contributed by atoms with Crippen LogP contribution in [0.25, 0.3) is 0 Å². The van der Waals surface area contributed by atoms with Crippen molar-refractivity contribution in [3.8, 4) is 0 Å². The van der Waals surface area contributed by atoms with Gasteiger partial charge in [-0.15, -0.1) is 0 Å². The maximum atomic E-state index is 9.32. The Morgan fingerprint density at radius 3 is 2.78 bits per heavy atom. The zero-order valence-corrected chi connectivity index (χ0v) is 12.1. The number of rotatable bonds is 3. The summed E-state index contributed by atoms with van der Waals surface area (Å²) in [5, 5.41) is 12.8. The summed E-state index contributed by atoms with van der Waals surface area (Å²) in [6, 6.07) is 10.0. The van der Waals surface area contributed by atoms with Gasteiger partial charge in [-0.05, 0) is 31.7 Å². The molecule has 1 aromatic rings. The number of nitrogens with zero attached hydrogens (tertiary/aromatic N) is 1. The Bertz CT molecular complexity index is 421. The fourth-order valence-electron chi connectivity index (χ4n) is 2.66. The first-order valence-corrected chi connectivity index (χ1v) is 7.22. The molecule has 0 aromatic heterocycles. The molecule has 0 radical (unpaired) electrons. The van der Waals surface area contributed by atoms with E-state index in [0.717, 1.165) is 24.8 Å². The van der Waals surface area contributed by atoms with Crippen LogP contribution in [-0.2, 0) is 10.3 Å². The summed E-state index contributed by atoms with van der Waals surface area (Å²) in [6.45, 7) is 2.55. The standard InChI is InChI=1S/C14H18BrNO2/c1-2-18-14(11-7-4-3-5-8-11)12(15)9-6-10-13(14)16-17/h3-5,7-8,12,17H,2,6,9-10H2,1H3/b16-13+/t12-,14+/m1/s1. The molecule has 0 unspecified atom stereocenters. The van der Waals surface area contributed by atoms with Gasteiger partial charge < -0.3 is 9.94 Å². The summed E-state index contributed by atoms with van der Waals surface area (Å²) in [4.78, 5) is 0.131. The van der Waals surface area contributed by atoms with E-state index in [4.69, 9.17) is 4.74 Å². The zero-order valence-electron chi connectivity index (χ0n) is 10.5. The maximum absolute atomic E-state index is 9.32. The smallest absolute Gasteiger partial charge is 0.147 e. The highest BCUT2D eigenvalue weighted by atomic mass is 79.9. The molecule has 1 fully saturated rings. The van der Waals surface area contributed by atoms with Gasteiger partial charge >= 0.3 is 0 Å². The second-order valence-corrected chi connectivity index (χ2v) is 5.55. The summed E-state index contributed by atoms with van der Waals surface area (Å²) in [6.07, 6.45) is 2.79. The van der Waals surface area contributed by atoms with Crippen LogP contribution in [0.5, 0.6) is 0 Å². The van der Waals surface area contributed by atoms with Crippen LogP contribution in [0.4, 0.5) is 0 Å². The highest BCUT2D eigenvalue weighted by Gasteiger charge is 2.47. The van der Waals surface area contributed by atoms with Crippen LogP contribution >= 0.6 is 15.9 Å². The van der Waals surface area contributed by atoms with Crippen LogP contribution in [0.2, 0.25) is 0 Å². The van der Waals surface area contributed by atoms with Gasteiger partial charge in [-0.2, -0.15) is 0 Å². The molecule has 98 valence electrons. The number of ether oxygens (including phenoxy) is 1. The molecule has 1 aliphatic rings. The van der Waals surface area contributed by atoms with E-state index in [-0.39, 0.29) is 4.83 Å². The van der Waals surface area contributed by atoms with Gasteiger partial charge in [0.05, 0.1) is 10.5 Å². The van der Waals surface area contributed by atoms with Crippen LogP contribution in [0.3, 0.4) is 0 Å². The molecule has 0 saturated heterocycles. The van der Waals surface area contributed by atoms with Gasteiger partial charge in [-0.1, -0.05) is 51.4 Å². The van der Waals surface area contributed by atoms with E-state index in [1.165, 1.54) is 0 Å². The van der Waals surface area contributed by atoms with Crippen molar-refractivity contribution >= 4 is 21.6 Å². The highest BCUT2D eigenvalue weighted by Crippen LogP contribution is 2.42. The summed E-state index contributed by atoms with van der Waals surface area (Å²) in [5.74, 6) is 0. The number of alkyl halides is 1. The van der Waals surface area contributed by atoms with Crippen molar-refractivity contribution in [1.82, 2.24) is 0 Å². The molecule has 2 atom stereocenters. The lowest BCUT2D eigenvalue weighted by atomic mass is 9.77. The average Bonchev–Trinajstić information content (AvgIpc) is 2.42. The number of benzene rings is 1. The van der Waals surface area contributed by atoms with E-state index >= 15 is 0 Å². The Kier molecular flexibility index (Phi) is 4.40. The number of oxime groups is 1. The molecule has 4 heteroatoms. The highest BCUT2D eigenvalue weighted by molar-refractivity contribution is 9.09. The van der Waals surface area contributed by atoms with Gasteiger partial charge in [0.1, 0.15) is 5.60 Å². The van der Waals surface area contributed by atoms with Crippen molar-refractivity contribution in [2.45, 2.75) is 36.6 Å². The molecule has 1 saturated carbocycles. The summed E-state index contributed by atoms with van der Waals surface area (Å²) < 4.78 is 6.03. The van der Waals surface area contributed by atoms with Gasteiger partial charge in [0.25, 0.3) is 0 Å². The Morgan fingerprint density at radius 2 is 2.17 bits per heavy atom. The van der Waals surface area contributed by atoms with Crippen molar-refractivity contribution in [2.75, 3.05) is 6.61 Å². The van der Waals surface area contributed by atoms with Crippen molar-refractivity contribution in [2.24, 2.45) is 5.16 Å². The van der Waals surface area contributed by atoms with Crippen LogP contribution in [-0.4, -0.2) is 22.4 Å². The third-order valence-electron chi connectivity index (χ3n) is 3.44. The lowest BCUT2D eigenvalue weighted by Crippen LogP contribution is -2.49. The molecule has 0 bridgehead atoms. The van der Waals surface area contributed by atoms with Crippen LogP contribution in [0, 0.1) is 0 Å². The van der Waals surface area contributed by atoms with E-state index in [1.54, 1.807) is 0 Å². The Balaban J connectivity index is 2.53. The van der Waals surface area contributed by atoms with Crippen LogP contribution < -0.4 is 0 Å². The van der Waals surface area contributed by atoms with Crippen molar-refractivity contribution in [1.29, 1.82) is 0 Å². The second kappa shape index (κ2) is 5.85. The molecule has 1 aliphatic carbocycles. The predicted molar refractivity (Wildman–Crippen MR) is 75.5 cm³/mol. The topological polar surface area (TPSA) is 41.8 Å². The largest absolute Gasteiger partial charge is 0.411 e. The van der Waals surface area contributed by atoms with Gasteiger partial charge in [0.2, 0.25) is 0 Å². The number of halogens is 1. The Hall–Kier alpha value is -0.870. The molecule has 1 aromatic carbocycles. The zero-order chi connectivity index (χ0) is 13.0. The van der Waals surface area contributed by atoms with Gasteiger partial charge in [-0.25, -0.2) is 0 Å². The first kappa shape index (κ1) is 13.6. The summed E-state index contributed by atoms with van der Waals surface area (Å²) >= 11 is 3.71. The van der Waals surface area contributed by atoms with Crippen molar-refractivity contribution < 1.29 is 9.94 Å². The van der Waals surface area contributed by atoms with E-state index < -0.39 is 5.60 Å². The normalized spacial score (nSPS) is 30.6. The second-order valence-electron chi connectivity index (χ2n) is 4.44. The van der Waals surface area contributed by atoms with E-state index in [1.807, 2.05) is 37.3 Å². The number of hydrogen-bond donors (Lipinski definition) is 1. The molecule has 0 heterocycles. The third kappa shape index (κ3) is 2.19. The molecule has 1 N–H and O–H groups in total. The monoisotopic (exact) mass is 311 g/mol. The quantitative estimate of drug-likeness (QED) is 0.525. The molecule has 0 spiro atoms. The minimum absolute atomic E-state index is 0.131. The lowest BCUT2D eigenvalue weighted by molar-refractivity contribution is 0.00106. The molecule has 2 rings (SSSR count). The Labute approximate surface area is 116 Å². The SMILES string of the molecule is CCO[C@]1(c2ccccc2)/C(=N/O)CCC[C@H]1Br. The van der Waals surface area contributed by atoms with Gasteiger partial charge in [-0.3, -0.25) is 0 Å².